The Morgan fingerprint density at radius 2 is 1.89 bits per heavy atom. The van der Waals surface area contributed by atoms with E-state index in [4.69, 9.17) is 0 Å². The smallest absolute Gasteiger partial charge is 0.224 e. The average Bonchev–Trinajstić information content (AvgIpc) is 2.48. The minimum absolute atomic E-state index is 0.692. The topological polar surface area (TPSA) is 41.0 Å². The number of anilines is 1. The Kier molecular flexibility index (Phi) is 5.58. The molecule has 1 fully saturated rings. The highest BCUT2D eigenvalue weighted by Gasteiger charge is 2.16. The molecule has 0 amide bonds. The Morgan fingerprint density at radius 3 is 2.53 bits per heavy atom. The number of hydrogen-bond acceptors (Lipinski definition) is 4. The van der Waals surface area contributed by atoms with Crippen LogP contribution in [-0.2, 0) is 0 Å². The SMILES string of the molecule is CNCCCN(C)c1ncc(C2CCCCC2)cn1. The maximum absolute atomic E-state index is 4.53. The van der Waals surface area contributed by atoms with Gasteiger partial charge in [-0.15, -0.1) is 0 Å². The lowest BCUT2D eigenvalue weighted by atomic mass is 9.85. The van der Waals surface area contributed by atoms with Gasteiger partial charge in [-0.3, -0.25) is 0 Å². The van der Waals surface area contributed by atoms with Gasteiger partial charge in [0.25, 0.3) is 0 Å². The third-order valence-electron chi connectivity index (χ3n) is 4.00. The number of aromatic nitrogens is 2. The zero-order chi connectivity index (χ0) is 13.5. The fourth-order valence-corrected chi connectivity index (χ4v) is 2.77. The lowest BCUT2D eigenvalue weighted by molar-refractivity contribution is 0.442. The van der Waals surface area contributed by atoms with Gasteiger partial charge >= 0.3 is 0 Å². The van der Waals surface area contributed by atoms with Crippen molar-refractivity contribution in [1.29, 1.82) is 0 Å². The highest BCUT2D eigenvalue weighted by atomic mass is 15.2. The average molecular weight is 262 g/mol. The van der Waals surface area contributed by atoms with Gasteiger partial charge in [-0.2, -0.15) is 0 Å². The molecule has 1 aliphatic carbocycles. The van der Waals surface area contributed by atoms with Crippen molar-refractivity contribution in [2.24, 2.45) is 0 Å². The highest BCUT2D eigenvalue weighted by Crippen LogP contribution is 2.31. The molecule has 4 nitrogen and oxygen atoms in total. The first kappa shape index (κ1) is 14.3. The molecule has 0 bridgehead atoms. The number of rotatable bonds is 6. The van der Waals surface area contributed by atoms with Gasteiger partial charge in [-0.1, -0.05) is 19.3 Å². The first-order chi connectivity index (χ1) is 9.31. The summed E-state index contributed by atoms with van der Waals surface area (Å²) < 4.78 is 0. The first-order valence-corrected chi connectivity index (χ1v) is 7.49. The van der Waals surface area contributed by atoms with E-state index in [1.807, 2.05) is 19.4 Å². The molecule has 2 rings (SSSR count). The van der Waals surface area contributed by atoms with E-state index in [9.17, 15) is 0 Å². The maximum Gasteiger partial charge on any atom is 0.224 e. The Hall–Kier alpha value is -1.16. The van der Waals surface area contributed by atoms with Crippen LogP contribution in [0.3, 0.4) is 0 Å². The first-order valence-electron chi connectivity index (χ1n) is 7.49. The van der Waals surface area contributed by atoms with Gasteiger partial charge in [0.15, 0.2) is 0 Å². The van der Waals surface area contributed by atoms with E-state index in [2.05, 4.69) is 27.2 Å². The van der Waals surface area contributed by atoms with Crippen molar-refractivity contribution < 1.29 is 0 Å². The van der Waals surface area contributed by atoms with E-state index in [0.29, 0.717) is 5.92 Å². The lowest BCUT2D eigenvalue weighted by Gasteiger charge is -2.22. The zero-order valence-electron chi connectivity index (χ0n) is 12.2. The van der Waals surface area contributed by atoms with Crippen LogP contribution in [0.25, 0.3) is 0 Å². The predicted molar refractivity (Wildman–Crippen MR) is 79.7 cm³/mol. The molecule has 106 valence electrons. The molecule has 4 heteroatoms. The molecule has 0 radical (unpaired) electrons. The molecule has 1 aromatic rings. The summed E-state index contributed by atoms with van der Waals surface area (Å²) in [5.41, 5.74) is 1.33. The van der Waals surface area contributed by atoms with E-state index in [0.717, 1.165) is 25.5 Å². The summed E-state index contributed by atoms with van der Waals surface area (Å²) in [6.45, 7) is 2.02. The predicted octanol–water partition coefficient (Wildman–Crippen LogP) is 2.57. The highest BCUT2D eigenvalue weighted by molar-refractivity contribution is 5.29. The normalized spacial score (nSPS) is 16.5. The molecular formula is C15H26N4. The second-order valence-corrected chi connectivity index (χ2v) is 5.53. The van der Waals surface area contributed by atoms with Crippen LogP contribution in [0, 0.1) is 0 Å². The van der Waals surface area contributed by atoms with Gasteiger partial charge in [0.05, 0.1) is 0 Å². The minimum Gasteiger partial charge on any atom is -0.344 e. The molecule has 0 atom stereocenters. The Labute approximate surface area is 116 Å². The van der Waals surface area contributed by atoms with Crippen LogP contribution in [0.2, 0.25) is 0 Å². The summed E-state index contributed by atoms with van der Waals surface area (Å²) in [4.78, 5) is 11.2. The molecule has 0 spiro atoms. The molecule has 1 aliphatic rings. The third-order valence-corrected chi connectivity index (χ3v) is 4.00. The Morgan fingerprint density at radius 1 is 1.21 bits per heavy atom. The molecule has 0 saturated heterocycles. The van der Waals surface area contributed by atoms with E-state index in [1.54, 1.807) is 0 Å². The fraction of sp³-hybridized carbons (Fsp3) is 0.733. The summed E-state index contributed by atoms with van der Waals surface area (Å²) in [5, 5.41) is 3.16. The van der Waals surface area contributed by atoms with Crippen LogP contribution in [-0.4, -0.2) is 37.2 Å². The van der Waals surface area contributed by atoms with Crippen LogP contribution >= 0.6 is 0 Å². The summed E-state index contributed by atoms with van der Waals surface area (Å²) in [7, 11) is 4.04. The van der Waals surface area contributed by atoms with Crippen LogP contribution in [0.5, 0.6) is 0 Å². The summed E-state index contributed by atoms with van der Waals surface area (Å²) in [6, 6.07) is 0. The second-order valence-electron chi connectivity index (χ2n) is 5.53. The standard InChI is InChI=1S/C15H26N4/c1-16-9-6-10-19(2)15-17-11-14(12-18-15)13-7-4-3-5-8-13/h11-13,16H,3-10H2,1-2H3. The Bertz CT molecular complexity index is 357. The largest absolute Gasteiger partial charge is 0.344 e. The third kappa shape index (κ3) is 4.16. The van der Waals surface area contributed by atoms with Gasteiger partial charge in [0.2, 0.25) is 5.95 Å². The van der Waals surface area contributed by atoms with Crippen molar-refractivity contribution in [2.45, 2.75) is 44.4 Å². The van der Waals surface area contributed by atoms with Gasteiger partial charge in [-0.05, 0) is 44.3 Å². The molecule has 0 unspecified atom stereocenters. The number of hydrogen-bond donors (Lipinski definition) is 1. The van der Waals surface area contributed by atoms with Crippen LogP contribution in [0.15, 0.2) is 12.4 Å². The Balaban J connectivity index is 1.89. The van der Waals surface area contributed by atoms with Gasteiger partial charge in [0.1, 0.15) is 0 Å². The van der Waals surface area contributed by atoms with Gasteiger partial charge in [0, 0.05) is 26.0 Å². The van der Waals surface area contributed by atoms with Crippen molar-refractivity contribution >= 4 is 5.95 Å². The molecule has 19 heavy (non-hydrogen) atoms. The lowest BCUT2D eigenvalue weighted by Crippen LogP contribution is -2.24. The van der Waals surface area contributed by atoms with Crippen LogP contribution < -0.4 is 10.2 Å². The summed E-state index contributed by atoms with van der Waals surface area (Å²) in [6.07, 6.45) is 11.9. The van der Waals surface area contributed by atoms with Crippen molar-refractivity contribution in [1.82, 2.24) is 15.3 Å². The van der Waals surface area contributed by atoms with Crippen molar-refractivity contribution in [3.8, 4) is 0 Å². The molecule has 1 saturated carbocycles. The van der Waals surface area contributed by atoms with Gasteiger partial charge < -0.3 is 10.2 Å². The van der Waals surface area contributed by atoms with Gasteiger partial charge in [-0.25, -0.2) is 9.97 Å². The fourth-order valence-electron chi connectivity index (χ4n) is 2.77. The quantitative estimate of drug-likeness (QED) is 0.800. The summed E-state index contributed by atoms with van der Waals surface area (Å²) >= 11 is 0. The molecule has 0 aromatic carbocycles. The van der Waals surface area contributed by atoms with E-state index in [1.165, 1.54) is 37.7 Å². The molecule has 1 aromatic heterocycles. The molecular weight excluding hydrogens is 236 g/mol. The summed E-state index contributed by atoms with van der Waals surface area (Å²) in [5.74, 6) is 1.54. The second kappa shape index (κ2) is 7.43. The van der Waals surface area contributed by atoms with E-state index >= 15 is 0 Å². The van der Waals surface area contributed by atoms with Crippen molar-refractivity contribution in [3.63, 3.8) is 0 Å². The number of nitrogens with zero attached hydrogens (tertiary/aromatic N) is 3. The minimum atomic E-state index is 0.692. The molecule has 1 heterocycles. The van der Waals surface area contributed by atoms with E-state index < -0.39 is 0 Å². The van der Waals surface area contributed by atoms with Crippen molar-refractivity contribution in [2.75, 3.05) is 32.1 Å². The molecule has 1 N–H and O–H groups in total. The van der Waals surface area contributed by atoms with Crippen LogP contribution in [0.1, 0.15) is 50.0 Å². The maximum atomic E-state index is 4.53. The van der Waals surface area contributed by atoms with Crippen molar-refractivity contribution in [3.05, 3.63) is 18.0 Å². The van der Waals surface area contributed by atoms with Crippen LogP contribution in [0.4, 0.5) is 5.95 Å². The number of nitrogens with one attached hydrogen (secondary N) is 1. The van der Waals surface area contributed by atoms with E-state index in [-0.39, 0.29) is 0 Å². The molecule has 0 aliphatic heterocycles. The monoisotopic (exact) mass is 262 g/mol. The zero-order valence-corrected chi connectivity index (χ0v) is 12.2.